The molecule has 1 atom stereocenters. The minimum atomic E-state index is -0.107. The molecule has 4 rings (SSSR count). The van der Waals surface area contributed by atoms with Gasteiger partial charge in [-0.05, 0) is 36.0 Å². The van der Waals surface area contributed by atoms with Crippen LogP contribution in [0.25, 0.3) is 11.1 Å². The molecule has 1 aromatic heterocycles. The molecule has 1 fully saturated rings. The average molecular weight is 294 g/mol. The number of aromatic nitrogens is 2. The molecule has 0 radical (unpaired) electrons. The van der Waals surface area contributed by atoms with Crippen LogP contribution in [0, 0.1) is 0 Å². The minimum absolute atomic E-state index is 0.0380. The van der Waals surface area contributed by atoms with Crippen molar-refractivity contribution in [2.45, 2.75) is 24.8 Å². The summed E-state index contributed by atoms with van der Waals surface area (Å²) >= 11 is 0. The first-order valence-corrected chi connectivity index (χ1v) is 7.56. The van der Waals surface area contributed by atoms with Gasteiger partial charge >= 0.3 is 6.03 Å². The van der Waals surface area contributed by atoms with Gasteiger partial charge in [0.1, 0.15) is 6.33 Å². The Morgan fingerprint density at radius 2 is 2.09 bits per heavy atom. The second kappa shape index (κ2) is 4.80. The largest absolute Gasteiger partial charge is 0.330 e. The van der Waals surface area contributed by atoms with E-state index in [0.29, 0.717) is 0 Å². The van der Waals surface area contributed by atoms with Gasteiger partial charge in [-0.25, -0.2) is 14.8 Å². The normalized spacial score (nSPS) is 23.5. The number of carbonyl (C=O) groups is 1. The quantitative estimate of drug-likeness (QED) is 0.875. The molecule has 2 aromatic rings. The van der Waals surface area contributed by atoms with Crippen molar-refractivity contribution < 1.29 is 4.79 Å². The van der Waals surface area contributed by atoms with E-state index in [2.05, 4.69) is 33.5 Å². The number of nitrogens with zero attached hydrogens (tertiary/aromatic N) is 3. The highest BCUT2D eigenvalue weighted by Crippen LogP contribution is 2.36. The molecule has 2 heterocycles. The molecule has 1 unspecified atom stereocenters. The Kier molecular flexibility index (Phi) is 2.89. The van der Waals surface area contributed by atoms with Crippen molar-refractivity contribution >= 4 is 6.03 Å². The van der Waals surface area contributed by atoms with Crippen LogP contribution in [0.2, 0.25) is 0 Å². The van der Waals surface area contributed by atoms with Crippen molar-refractivity contribution in [1.29, 1.82) is 0 Å². The highest BCUT2D eigenvalue weighted by atomic mass is 16.2. The summed E-state index contributed by atoms with van der Waals surface area (Å²) in [5, 5.41) is 3.18. The molecule has 22 heavy (non-hydrogen) atoms. The van der Waals surface area contributed by atoms with E-state index in [1.54, 1.807) is 11.2 Å². The third-order valence-electron chi connectivity index (χ3n) is 4.79. The highest BCUT2D eigenvalue weighted by molar-refractivity contribution is 5.78. The van der Waals surface area contributed by atoms with Crippen LogP contribution in [-0.2, 0) is 12.8 Å². The van der Waals surface area contributed by atoms with Crippen LogP contribution in [0.15, 0.2) is 36.9 Å². The summed E-state index contributed by atoms with van der Waals surface area (Å²) in [6.07, 6.45) is 8.10. The topological polar surface area (TPSA) is 58.1 Å². The Balaban J connectivity index is 1.72. The first-order chi connectivity index (χ1) is 10.7. The molecule has 112 valence electrons. The molecule has 1 spiro atoms. The van der Waals surface area contributed by atoms with Crippen LogP contribution < -0.4 is 5.32 Å². The Hall–Kier alpha value is -2.43. The number of amides is 2. The number of fused-ring (bicyclic) bond motifs is 1. The first kappa shape index (κ1) is 13.2. The number of hydrogen-bond acceptors (Lipinski definition) is 3. The third-order valence-corrected chi connectivity index (χ3v) is 4.79. The lowest BCUT2D eigenvalue weighted by atomic mass is 9.76. The van der Waals surface area contributed by atoms with Gasteiger partial charge in [0.05, 0.1) is 5.54 Å². The number of carbonyl (C=O) groups excluding carboxylic acids is 1. The van der Waals surface area contributed by atoms with Crippen LogP contribution in [0.3, 0.4) is 0 Å². The first-order valence-electron chi connectivity index (χ1n) is 7.56. The predicted molar refractivity (Wildman–Crippen MR) is 83.4 cm³/mol. The van der Waals surface area contributed by atoms with Gasteiger partial charge in [-0.1, -0.05) is 18.2 Å². The SMILES string of the molecule is CN1CC2(CCc3c(cccc3-c3cncnc3)C2)NC1=O. The van der Waals surface area contributed by atoms with E-state index in [0.717, 1.165) is 31.4 Å². The smallest absolute Gasteiger partial charge is 0.317 e. The predicted octanol–water partition coefficient (Wildman–Crippen LogP) is 2.03. The molecule has 2 aliphatic rings. The van der Waals surface area contributed by atoms with Crippen LogP contribution in [-0.4, -0.2) is 40.0 Å². The summed E-state index contributed by atoms with van der Waals surface area (Å²) in [5.74, 6) is 0. The molecular weight excluding hydrogens is 276 g/mol. The summed E-state index contributed by atoms with van der Waals surface area (Å²) < 4.78 is 0. The lowest BCUT2D eigenvalue weighted by Crippen LogP contribution is -2.48. The molecule has 1 aromatic carbocycles. The lowest BCUT2D eigenvalue weighted by Gasteiger charge is -2.34. The van der Waals surface area contributed by atoms with E-state index in [-0.39, 0.29) is 11.6 Å². The average Bonchev–Trinajstić information content (AvgIpc) is 2.81. The molecule has 1 aliphatic heterocycles. The molecule has 1 N–H and O–H groups in total. The number of likely N-dealkylation sites (N-methyl/N-ethyl adjacent to an activating group) is 1. The third kappa shape index (κ3) is 2.04. The maximum Gasteiger partial charge on any atom is 0.317 e. The fourth-order valence-corrected chi connectivity index (χ4v) is 3.75. The van der Waals surface area contributed by atoms with Gasteiger partial charge in [-0.15, -0.1) is 0 Å². The molecule has 0 bridgehead atoms. The molecule has 5 nitrogen and oxygen atoms in total. The molecule has 1 aliphatic carbocycles. The summed E-state index contributed by atoms with van der Waals surface area (Å²) in [6.45, 7) is 0.782. The summed E-state index contributed by atoms with van der Waals surface area (Å²) in [4.78, 5) is 21.9. The fourth-order valence-electron chi connectivity index (χ4n) is 3.75. The highest BCUT2D eigenvalue weighted by Gasteiger charge is 2.43. The van der Waals surface area contributed by atoms with Gasteiger partial charge in [0, 0.05) is 31.5 Å². The van der Waals surface area contributed by atoms with Crippen molar-refractivity contribution in [3.8, 4) is 11.1 Å². The monoisotopic (exact) mass is 294 g/mol. The van der Waals surface area contributed by atoms with Gasteiger partial charge in [0.2, 0.25) is 0 Å². The van der Waals surface area contributed by atoms with E-state index in [1.165, 1.54) is 16.7 Å². The van der Waals surface area contributed by atoms with Crippen molar-refractivity contribution in [3.63, 3.8) is 0 Å². The van der Waals surface area contributed by atoms with Crippen LogP contribution in [0.4, 0.5) is 4.79 Å². The number of benzene rings is 1. The minimum Gasteiger partial charge on any atom is -0.330 e. The maximum absolute atomic E-state index is 11.8. The van der Waals surface area contributed by atoms with Gasteiger partial charge in [-0.3, -0.25) is 0 Å². The van der Waals surface area contributed by atoms with Gasteiger partial charge in [0.25, 0.3) is 0 Å². The van der Waals surface area contributed by atoms with Crippen molar-refractivity contribution in [1.82, 2.24) is 20.2 Å². The Morgan fingerprint density at radius 3 is 2.82 bits per heavy atom. The van der Waals surface area contributed by atoms with Gasteiger partial charge in [-0.2, -0.15) is 0 Å². The van der Waals surface area contributed by atoms with Crippen molar-refractivity contribution in [2.24, 2.45) is 0 Å². The Morgan fingerprint density at radius 1 is 1.27 bits per heavy atom. The van der Waals surface area contributed by atoms with E-state index in [9.17, 15) is 4.79 Å². The second-order valence-electron chi connectivity index (χ2n) is 6.31. The van der Waals surface area contributed by atoms with E-state index >= 15 is 0 Å². The molecule has 1 saturated heterocycles. The number of nitrogens with one attached hydrogen (secondary N) is 1. The zero-order valence-corrected chi connectivity index (χ0v) is 12.5. The van der Waals surface area contributed by atoms with Crippen molar-refractivity contribution in [2.75, 3.05) is 13.6 Å². The van der Waals surface area contributed by atoms with Crippen LogP contribution in [0.1, 0.15) is 17.5 Å². The Labute approximate surface area is 129 Å². The van der Waals surface area contributed by atoms with E-state index < -0.39 is 0 Å². The van der Waals surface area contributed by atoms with E-state index in [1.807, 2.05) is 19.4 Å². The molecule has 2 amide bonds. The molecule has 0 saturated carbocycles. The number of hydrogen-bond donors (Lipinski definition) is 1. The van der Waals surface area contributed by atoms with Crippen molar-refractivity contribution in [3.05, 3.63) is 48.0 Å². The molecule has 5 heteroatoms. The van der Waals surface area contributed by atoms with Gasteiger partial charge < -0.3 is 10.2 Å². The summed E-state index contributed by atoms with van der Waals surface area (Å²) in [5.41, 5.74) is 4.86. The second-order valence-corrected chi connectivity index (χ2v) is 6.31. The fraction of sp³-hybridized carbons (Fsp3) is 0.353. The zero-order chi connectivity index (χ0) is 15.2. The van der Waals surface area contributed by atoms with E-state index in [4.69, 9.17) is 0 Å². The zero-order valence-electron chi connectivity index (χ0n) is 12.5. The summed E-state index contributed by atoms with van der Waals surface area (Å²) in [6, 6.07) is 6.43. The molecular formula is C17H18N4O. The maximum atomic E-state index is 11.8. The number of urea groups is 1. The summed E-state index contributed by atoms with van der Waals surface area (Å²) in [7, 11) is 1.86. The van der Waals surface area contributed by atoms with Gasteiger partial charge in [0.15, 0.2) is 0 Å². The Bertz CT molecular complexity index is 731. The van der Waals surface area contributed by atoms with Crippen LogP contribution in [0.5, 0.6) is 0 Å². The van der Waals surface area contributed by atoms with Crippen LogP contribution >= 0.6 is 0 Å². The lowest BCUT2D eigenvalue weighted by molar-refractivity contribution is 0.225. The number of rotatable bonds is 1. The standard InChI is InChI=1S/C17H18N4O/c1-21-10-17(20-16(21)22)6-5-15-12(7-17)3-2-4-14(15)13-8-18-11-19-9-13/h2-4,8-9,11H,5-7,10H2,1H3,(H,20,22).